The number of hydrogen-bond acceptors (Lipinski definition) is 8. The molecular weight excluding hydrogens is 298 g/mol. The molecule has 1 saturated heterocycles. The molecule has 6 N–H and O–H groups in total. The van der Waals surface area contributed by atoms with Gasteiger partial charge >= 0.3 is 11.9 Å². The quantitative estimate of drug-likeness (QED) is 0.351. The third kappa shape index (κ3) is 5.55. The van der Waals surface area contributed by atoms with Crippen LogP contribution >= 0.6 is 23.5 Å². The minimum Gasteiger partial charge on any atom is -0.478 e. The SMILES string of the molecule is CNCCO.O=C(O)C1(O)CSC(O)(C(=O)O)CS1. The summed E-state index contributed by atoms with van der Waals surface area (Å²) in [5, 5.41) is 46.8. The van der Waals surface area contributed by atoms with Crippen molar-refractivity contribution in [2.24, 2.45) is 0 Å². The highest BCUT2D eigenvalue weighted by Gasteiger charge is 2.50. The molecule has 1 heterocycles. The summed E-state index contributed by atoms with van der Waals surface area (Å²) >= 11 is 1.03. The van der Waals surface area contributed by atoms with Gasteiger partial charge in [0.25, 0.3) is 0 Å². The van der Waals surface area contributed by atoms with Crippen molar-refractivity contribution in [2.75, 3.05) is 31.7 Å². The first-order chi connectivity index (χ1) is 8.72. The van der Waals surface area contributed by atoms with Gasteiger partial charge in [0.05, 0.1) is 6.61 Å². The van der Waals surface area contributed by atoms with E-state index in [0.717, 1.165) is 0 Å². The first-order valence-electron chi connectivity index (χ1n) is 5.17. The van der Waals surface area contributed by atoms with Crippen LogP contribution in [0.15, 0.2) is 0 Å². The zero-order valence-corrected chi connectivity index (χ0v) is 11.8. The van der Waals surface area contributed by atoms with E-state index < -0.39 is 21.8 Å². The number of thioether (sulfide) groups is 2. The lowest BCUT2D eigenvalue weighted by atomic mass is 10.4. The van der Waals surface area contributed by atoms with Gasteiger partial charge < -0.3 is 30.8 Å². The van der Waals surface area contributed by atoms with Gasteiger partial charge in [-0.25, -0.2) is 9.59 Å². The molecule has 1 aliphatic rings. The van der Waals surface area contributed by atoms with Gasteiger partial charge in [-0.05, 0) is 7.05 Å². The summed E-state index contributed by atoms with van der Waals surface area (Å²) < 4.78 is 0. The Morgan fingerprint density at radius 2 is 1.47 bits per heavy atom. The molecule has 1 aliphatic heterocycles. The Hall–Kier alpha value is -0.520. The second-order valence-corrected chi connectivity index (χ2v) is 6.09. The number of aliphatic hydroxyl groups is 3. The Morgan fingerprint density at radius 3 is 1.58 bits per heavy atom. The van der Waals surface area contributed by atoms with E-state index >= 15 is 0 Å². The van der Waals surface area contributed by atoms with Crippen molar-refractivity contribution in [1.29, 1.82) is 0 Å². The molecule has 0 aliphatic carbocycles. The minimum atomic E-state index is -2.01. The van der Waals surface area contributed by atoms with Crippen LogP contribution in [0, 0.1) is 0 Å². The Labute approximate surface area is 118 Å². The number of carboxylic acids is 2. The van der Waals surface area contributed by atoms with Crippen molar-refractivity contribution < 1.29 is 35.1 Å². The van der Waals surface area contributed by atoms with Gasteiger partial charge in [0.15, 0.2) is 0 Å². The van der Waals surface area contributed by atoms with Gasteiger partial charge in [0, 0.05) is 18.1 Å². The predicted octanol–water partition coefficient (Wildman–Crippen LogP) is -1.79. The molecule has 0 saturated carbocycles. The summed E-state index contributed by atoms with van der Waals surface area (Å²) in [6.45, 7) is 0.927. The molecule has 0 radical (unpaired) electrons. The number of aliphatic hydroxyl groups excluding tert-OH is 1. The highest BCUT2D eigenvalue weighted by molar-refractivity contribution is 8.08. The maximum atomic E-state index is 10.5. The number of carbonyl (C=O) groups is 2. The first kappa shape index (κ1) is 18.5. The lowest BCUT2D eigenvalue weighted by Crippen LogP contribution is -2.50. The van der Waals surface area contributed by atoms with Crippen molar-refractivity contribution in [3.63, 3.8) is 0 Å². The van der Waals surface area contributed by atoms with Gasteiger partial charge in [-0.15, -0.1) is 23.5 Å². The van der Waals surface area contributed by atoms with Gasteiger partial charge in [-0.1, -0.05) is 0 Å². The summed E-state index contributed by atoms with van der Waals surface area (Å²) in [5.74, 6) is -3.59. The lowest BCUT2D eigenvalue weighted by molar-refractivity contribution is -0.150. The Kier molecular flexibility index (Phi) is 7.71. The Bertz CT molecular complexity index is 288. The molecule has 0 bridgehead atoms. The molecule has 10 heteroatoms. The maximum Gasteiger partial charge on any atom is 0.347 e. The summed E-state index contributed by atoms with van der Waals surface area (Å²) in [7, 11) is 1.80. The molecule has 0 amide bonds. The number of nitrogens with one attached hydrogen (secondary N) is 1. The van der Waals surface area contributed by atoms with Crippen LogP contribution in [0.3, 0.4) is 0 Å². The van der Waals surface area contributed by atoms with Crippen LogP contribution in [-0.2, 0) is 9.59 Å². The van der Waals surface area contributed by atoms with E-state index in [1.807, 2.05) is 0 Å². The third-order valence-electron chi connectivity index (χ3n) is 2.04. The molecule has 0 aromatic heterocycles. The molecule has 0 aromatic rings. The maximum absolute atomic E-state index is 10.5. The summed E-state index contributed by atoms with van der Waals surface area (Å²) in [6.07, 6.45) is 0. The van der Waals surface area contributed by atoms with Gasteiger partial charge in [-0.2, -0.15) is 0 Å². The summed E-state index contributed by atoms with van der Waals surface area (Å²) in [6, 6.07) is 0. The topological polar surface area (TPSA) is 147 Å². The standard InChI is InChI=1S/C6H8O6S2.C3H9NO/c7-3(8)5(11)1-13-6(12,2-14-5)4(9)10;1-4-2-3-5/h11-12H,1-2H2,(H,7,8)(H,9,10);4-5H,2-3H2,1H3. The second kappa shape index (κ2) is 7.92. The Morgan fingerprint density at radius 1 is 1.11 bits per heavy atom. The normalized spacial score (nSPS) is 30.1. The number of rotatable bonds is 4. The molecule has 112 valence electrons. The average molecular weight is 315 g/mol. The molecule has 0 spiro atoms. The fourth-order valence-electron chi connectivity index (χ4n) is 0.877. The largest absolute Gasteiger partial charge is 0.478 e. The molecule has 0 aromatic carbocycles. The zero-order chi connectivity index (χ0) is 15.1. The second-order valence-electron chi connectivity index (χ2n) is 3.58. The van der Waals surface area contributed by atoms with E-state index in [1.54, 1.807) is 7.05 Å². The molecule has 2 unspecified atom stereocenters. The summed E-state index contributed by atoms with van der Waals surface area (Å²) in [4.78, 5) is 17.1. The number of hydrogen-bond donors (Lipinski definition) is 6. The van der Waals surface area contributed by atoms with Crippen LogP contribution in [0.5, 0.6) is 0 Å². The molecule has 1 fully saturated rings. The van der Waals surface area contributed by atoms with Crippen LogP contribution in [0.1, 0.15) is 0 Å². The van der Waals surface area contributed by atoms with E-state index in [0.29, 0.717) is 30.1 Å². The van der Waals surface area contributed by atoms with Crippen molar-refractivity contribution >= 4 is 35.5 Å². The van der Waals surface area contributed by atoms with Crippen molar-refractivity contribution in [3.8, 4) is 0 Å². The van der Waals surface area contributed by atoms with Crippen LogP contribution in [0.25, 0.3) is 0 Å². The monoisotopic (exact) mass is 315 g/mol. The molecular formula is C9H17NO7S2. The van der Waals surface area contributed by atoms with Crippen LogP contribution in [0.2, 0.25) is 0 Å². The Balaban J connectivity index is 0.000000555. The first-order valence-corrected chi connectivity index (χ1v) is 7.14. The third-order valence-corrected chi connectivity index (χ3v) is 5.13. The number of aliphatic carboxylic acids is 2. The van der Waals surface area contributed by atoms with Gasteiger partial charge in [0.2, 0.25) is 9.87 Å². The molecule has 2 atom stereocenters. The van der Waals surface area contributed by atoms with Crippen LogP contribution in [0.4, 0.5) is 0 Å². The van der Waals surface area contributed by atoms with Crippen LogP contribution < -0.4 is 5.32 Å². The fourth-order valence-corrected chi connectivity index (χ4v) is 3.26. The summed E-state index contributed by atoms with van der Waals surface area (Å²) in [5.41, 5.74) is 0. The van der Waals surface area contributed by atoms with Crippen molar-refractivity contribution in [3.05, 3.63) is 0 Å². The van der Waals surface area contributed by atoms with E-state index in [2.05, 4.69) is 5.32 Å². The van der Waals surface area contributed by atoms with Gasteiger partial charge in [0.1, 0.15) is 0 Å². The zero-order valence-electron chi connectivity index (χ0n) is 10.2. The van der Waals surface area contributed by atoms with Crippen molar-refractivity contribution in [2.45, 2.75) is 9.87 Å². The van der Waals surface area contributed by atoms with Crippen LogP contribution in [-0.4, -0.2) is 79.0 Å². The highest BCUT2D eigenvalue weighted by atomic mass is 32.2. The minimum absolute atomic E-state index is 0.233. The molecule has 19 heavy (non-hydrogen) atoms. The predicted molar refractivity (Wildman–Crippen MR) is 71.1 cm³/mol. The number of carboxylic acid groups (broad SMARTS) is 2. The molecule has 8 nitrogen and oxygen atoms in total. The molecule has 1 rings (SSSR count). The highest BCUT2D eigenvalue weighted by Crippen LogP contribution is 2.42. The van der Waals surface area contributed by atoms with E-state index in [4.69, 9.17) is 15.3 Å². The van der Waals surface area contributed by atoms with E-state index in [9.17, 15) is 19.8 Å². The number of likely N-dealkylation sites (N-methyl/N-ethyl adjacent to an activating group) is 1. The lowest BCUT2D eigenvalue weighted by Gasteiger charge is -2.34. The smallest absolute Gasteiger partial charge is 0.347 e. The van der Waals surface area contributed by atoms with Crippen molar-refractivity contribution in [1.82, 2.24) is 5.32 Å². The van der Waals surface area contributed by atoms with E-state index in [1.165, 1.54) is 0 Å². The average Bonchev–Trinajstić information content (AvgIpc) is 2.35. The van der Waals surface area contributed by atoms with E-state index in [-0.39, 0.29) is 18.1 Å². The fraction of sp³-hybridized carbons (Fsp3) is 0.778. The van der Waals surface area contributed by atoms with Gasteiger partial charge in [-0.3, -0.25) is 0 Å².